The van der Waals surface area contributed by atoms with Crippen molar-refractivity contribution in [1.29, 1.82) is 0 Å². The Morgan fingerprint density at radius 1 is 1.33 bits per heavy atom. The molecule has 4 heteroatoms. The Hall–Kier alpha value is -0.280. The standard InChI is InChI=1S/C8H18N2O.ClH/c1-8(2,3)6(9)7(11)10(4)5;/h6H,9H2,1-5H3;1H. The Bertz CT molecular complexity index is 152. The predicted octanol–water partition coefficient (Wildman–Crippen LogP) is 0.870. The maximum Gasteiger partial charge on any atom is 0.239 e. The van der Waals surface area contributed by atoms with E-state index in [4.69, 9.17) is 5.73 Å². The minimum Gasteiger partial charge on any atom is -0.347 e. The third-order valence-electron chi connectivity index (χ3n) is 1.64. The van der Waals surface area contributed by atoms with Gasteiger partial charge in [-0.1, -0.05) is 20.8 Å². The molecule has 0 aliphatic heterocycles. The minimum absolute atomic E-state index is 0. The topological polar surface area (TPSA) is 46.3 Å². The van der Waals surface area contributed by atoms with Crippen LogP contribution in [0.3, 0.4) is 0 Å². The molecule has 1 amide bonds. The van der Waals surface area contributed by atoms with Crippen molar-refractivity contribution in [2.75, 3.05) is 14.1 Å². The van der Waals surface area contributed by atoms with Gasteiger partial charge in [-0.15, -0.1) is 12.4 Å². The molecule has 0 aliphatic carbocycles. The Morgan fingerprint density at radius 3 is 1.75 bits per heavy atom. The Labute approximate surface area is 80.7 Å². The maximum atomic E-state index is 11.3. The highest BCUT2D eigenvalue weighted by Crippen LogP contribution is 2.18. The van der Waals surface area contributed by atoms with Gasteiger partial charge in [-0.25, -0.2) is 0 Å². The molecule has 3 nitrogen and oxygen atoms in total. The van der Waals surface area contributed by atoms with Crippen LogP contribution in [-0.2, 0) is 4.79 Å². The van der Waals surface area contributed by atoms with Crippen LogP contribution in [0.5, 0.6) is 0 Å². The van der Waals surface area contributed by atoms with Crippen molar-refractivity contribution in [2.24, 2.45) is 11.1 Å². The van der Waals surface area contributed by atoms with E-state index in [9.17, 15) is 4.79 Å². The molecule has 12 heavy (non-hydrogen) atoms. The van der Waals surface area contributed by atoms with Gasteiger partial charge >= 0.3 is 0 Å². The molecule has 0 saturated heterocycles. The molecule has 1 unspecified atom stereocenters. The van der Waals surface area contributed by atoms with Crippen LogP contribution in [-0.4, -0.2) is 30.9 Å². The van der Waals surface area contributed by atoms with Crippen molar-refractivity contribution < 1.29 is 4.79 Å². The van der Waals surface area contributed by atoms with E-state index in [0.717, 1.165) is 0 Å². The van der Waals surface area contributed by atoms with Crippen LogP contribution < -0.4 is 5.73 Å². The molecule has 0 saturated carbocycles. The molecule has 74 valence electrons. The molecule has 0 aromatic heterocycles. The van der Waals surface area contributed by atoms with Crippen LogP contribution in [0.15, 0.2) is 0 Å². The lowest BCUT2D eigenvalue weighted by Crippen LogP contribution is -2.47. The molecule has 0 heterocycles. The van der Waals surface area contributed by atoms with E-state index in [1.54, 1.807) is 14.1 Å². The highest BCUT2D eigenvalue weighted by Gasteiger charge is 2.28. The summed E-state index contributed by atoms with van der Waals surface area (Å²) in [6, 6.07) is -0.405. The average molecular weight is 195 g/mol. The van der Waals surface area contributed by atoms with Crippen molar-refractivity contribution in [2.45, 2.75) is 26.8 Å². The molecule has 0 fully saturated rings. The average Bonchev–Trinajstić information content (AvgIpc) is 1.82. The summed E-state index contributed by atoms with van der Waals surface area (Å²) in [5.74, 6) is -0.0162. The number of carbonyl (C=O) groups excluding carboxylic acids is 1. The van der Waals surface area contributed by atoms with Crippen LogP contribution in [0.2, 0.25) is 0 Å². The quantitative estimate of drug-likeness (QED) is 0.674. The first-order valence-corrected chi connectivity index (χ1v) is 3.73. The normalized spacial score (nSPS) is 13.2. The summed E-state index contributed by atoms with van der Waals surface area (Å²) in [5.41, 5.74) is 5.55. The first-order chi connectivity index (χ1) is 4.76. The van der Waals surface area contributed by atoms with Gasteiger partial charge in [0, 0.05) is 14.1 Å². The van der Waals surface area contributed by atoms with Gasteiger partial charge in [0.15, 0.2) is 0 Å². The smallest absolute Gasteiger partial charge is 0.239 e. The van der Waals surface area contributed by atoms with Crippen LogP contribution in [0.4, 0.5) is 0 Å². The van der Waals surface area contributed by atoms with Gasteiger partial charge in [-0.2, -0.15) is 0 Å². The predicted molar refractivity (Wildman–Crippen MR) is 53.4 cm³/mol. The summed E-state index contributed by atoms with van der Waals surface area (Å²) >= 11 is 0. The lowest BCUT2D eigenvalue weighted by Gasteiger charge is -2.28. The first kappa shape index (κ1) is 14.3. The van der Waals surface area contributed by atoms with Crippen LogP contribution >= 0.6 is 12.4 Å². The largest absolute Gasteiger partial charge is 0.347 e. The summed E-state index contributed by atoms with van der Waals surface area (Å²) in [6.07, 6.45) is 0. The van der Waals surface area contributed by atoms with Crippen LogP contribution in [0, 0.1) is 5.41 Å². The van der Waals surface area contributed by atoms with E-state index in [-0.39, 0.29) is 23.7 Å². The molecular weight excluding hydrogens is 176 g/mol. The summed E-state index contributed by atoms with van der Waals surface area (Å²) in [7, 11) is 3.43. The third-order valence-corrected chi connectivity index (χ3v) is 1.64. The second-order valence-corrected chi connectivity index (χ2v) is 4.08. The lowest BCUT2D eigenvalue weighted by atomic mass is 9.87. The fourth-order valence-corrected chi connectivity index (χ4v) is 0.649. The third kappa shape index (κ3) is 3.93. The van der Waals surface area contributed by atoms with Crippen molar-refractivity contribution in [3.8, 4) is 0 Å². The van der Waals surface area contributed by atoms with Gasteiger partial charge in [0.05, 0.1) is 6.04 Å². The number of halogens is 1. The summed E-state index contributed by atoms with van der Waals surface area (Å²) in [5, 5.41) is 0. The van der Waals surface area contributed by atoms with E-state index >= 15 is 0 Å². The highest BCUT2D eigenvalue weighted by molar-refractivity contribution is 5.85. The monoisotopic (exact) mass is 194 g/mol. The number of nitrogens with two attached hydrogens (primary N) is 1. The zero-order chi connectivity index (χ0) is 9.23. The molecule has 0 radical (unpaired) electrons. The summed E-state index contributed by atoms with van der Waals surface area (Å²) in [4.78, 5) is 12.8. The minimum atomic E-state index is -0.405. The zero-order valence-corrected chi connectivity index (χ0v) is 9.23. The molecule has 0 rings (SSSR count). The lowest BCUT2D eigenvalue weighted by molar-refractivity contribution is -0.132. The van der Waals surface area contributed by atoms with Gasteiger partial charge in [0.1, 0.15) is 0 Å². The molecular formula is C8H19ClN2O. The van der Waals surface area contributed by atoms with Gasteiger partial charge < -0.3 is 10.6 Å². The van der Waals surface area contributed by atoms with E-state index in [1.807, 2.05) is 20.8 Å². The SMILES string of the molecule is CN(C)C(=O)C(N)C(C)(C)C.Cl. The molecule has 1 atom stereocenters. The highest BCUT2D eigenvalue weighted by atomic mass is 35.5. The summed E-state index contributed by atoms with van der Waals surface area (Å²) in [6.45, 7) is 5.87. The van der Waals surface area contributed by atoms with E-state index in [2.05, 4.69) is 0 Å². The number of nitrogens with zero attached hydrogens (tertiary/aromatic N) is 1. The van der Waals surface area contributed by atoms with E-state index in [0.29, 0.717) is 0 Å². The number of hydrogen-bond acceptors (Lipinski definition) is 2. The molecule has 0 aromatic rings. The Morgan fingerprint density at radius 2 is 1.67 bits per heavy atom. The molecule has 2 N–H and O–H groups in total. The second kappa shape index (κ2) is 4.67. The van der Waals surface area contributed by atoms with Gasteiger partial charge in [0.25, 0.3) is 0 Å². The van der Waals surface area contributed by atoms with E-state index in [1.165, 1.54) is 4.90 Å². The van der Waals surface area contributed by atoms with Gasteiger partial charge in [-0.3, -0.25) is 4.79 Å². The number of carbonyl (C=O) groups is 1. The van der Waals surface area contributed by atoms with Crippen molar-refractivity contribution >= 4 is 18.3 Å². The van der Waals surface area contributed by atoms with Crippen molar-refractivity contribution in [3.63, 3.8) is 0 Å². The number of rotatable bonds is 1. The van der Waals surface area contributed by atoms with E-state index < -0.39 is 6.04 Å². The fraction of sp³-hybridized carbons (Fsp3) is 0.875. The Balaban J connectivity index is 0. The number of amides is 1. The second-order valence-electron chi connectivity index (χ2n) is 4.08. The van der Waals surface area contributed by atoms with Gasteiger partial charge in [-0.05, 0) is 5.41 Å². The molecule has 0 aliphatic rings. The number of hydrogen-bond donors (Lipinski definition) is 1. The number of likely N-dealkylation sites (N-methyl/N-ethyl adjacent to an activating group) is 1. The van der Waals surface area contributed by atoms with Crippen LogP contribution in [0.1, 0.15) is 20.8 Å². The van der Waals surface area contributed by atoms with Gasteiger partial charge in [0.2, 0.25) is 5.91 Å². The molecule has 0 spiro atoms. The fourth-order valence-electron chi connectivity index (χ4n) is 0.649. The van der Waals surface area contributed by atoms with Crippen molar-refractivity contribution in [3.05, 3.63) is 0 Å². The van der Waals surface area contributed by atoms with Crippen LogP contribution in [0.25, 0.3) is 0 Å². The zero-order valence-electron chi connectivity index (χ0n) is 8.42. The maximum absolute atomic E-state index is 11.3. The molecule has 0 aromatic carbocycles. The Kier molecular flexibility index (Phi) is 5.55. The summed E-state index contributed by atoms with van der Waals surface area (Å²) < 4.78 is 0. The van der Waals surface area contributed by atoms with Crippen molar-refractivity contribution in [1.82, 2.24) is 4.90 Å². The molecule has 0 bridgehead atoms. The first-order valence-electron chi connectivity index (χ1n) is 3.73.